The molecule has 0 fully saturated rings. The molecule has 1 N–H and O–H groups in total. The number of nitrogens with zero attached hydrogens (tertiary/aromatic N) is 1. The van der Waals surface area contributed by atoms with Gasteiger partial charge in [0.15, 0.2) is 0 Å². The minimum Gasteiger partial charge on any atom is -0.322 e. The average molecular weight is 290 g/mol. The van der Waals surface area contributed by atoms with E-state index in [2.05, 4.69) is 9.97 Å². The molecule has 3 nitrogen and oxygen atoms in total. The third-order valence-corrected chi connectivity index (χ3v) is 3.07. The molecule has 0 amide bonds. The summed E-state index contributed by atoms with van der Waals surface area (Å²) < 4.78 is 38.2. The Morgan fingerprint density at radius 2 is 1.81 bits per heavy atom. The van der Waals surface area contributed by atoms with Crippen LogP contribution in [0.5, 0.6) is 0 Å². The number of fused-ring (bicyclic) bond motifs is 1. The lowest BCUT2D eigenvalue weighted by molar-refractivity contribution is -0.137. The van der Waals surface area contributed by atoms with E-state index in [9.17, 15) is 18.0 Å². The fourth-order valence-corrected chi connectivity index (χ4v) is 2.08. The minimum atomic E-state index is -4.56. The molecule has 2 heterocycles. The van der Waals surface area contributed by atoms with Crippen molar-refractivity contribution in [1.82, 2.24) is 9.97 Å². The summed E-state index contributed by atoms with van der Waals surface area (Å²) >= 11 is 0. The van der Waals surface area contributed by atoms with Gasteiger partial charge in [-0.05, 0) is 18.2 Å². The molecule has 2 aromatic heterocycles. The summed E-state index contributed by atoms with van der Waals surface area (Å²) in [5.41, 5.74) is -0.525. The van der Waals surface area contributed by atoms with Crippen LogP contribution < -0.4 is 5.56 Å². The van der Waals surface area contributed by atoms with E-state index in [1.165, 1.54) is 6.20 Å². The second-order valence-corrected chi connectivity index (χ2v) is 4.56. The van der Waals surface area contributed by atoms with Gasteiger partial charge in [-0.1, -0.05) is 18.2 Å². The van der Waals surface area contributed by atoms with Gasteiger partial charge >= 0.3 is 6.18 Å². The van der Waals surface area contributed by atoms with Gasteiger partial charge in [-0.15, -0.1) is 0 Å². The topological polar surface area (TPSA) is 45.8 Å². The van der Waals surface area contributed by atoms with E-state index in [0.29, 0.717) is 11.6 Å². The Hall–Kier alpha value is -2.63. The highest BCUT2D eigenvalue weighted by molar-refractivity contribution is 5.82. The lowest BCUT2D eigenvalue weighted by Gasteiger charge is -2.09. The van der Waals surface area contributed by atoms with Crippen LogP contribution in [0.4, 0.5) is 13.2 Å². The van der Waals surface area contributed by atoms with Gasteiger partial charge in [0.1, 0.15) is 0 Å². The van der Waals surface area contributed by atoms with Crippen LogP contribution in [0, 0.1) is 0 Å². The predicted octanol–water partition coefficient (Wildman–Crippen LogP) is 3.61. The van der Waals surface area contributed by atoms with Crippen molar-refractivity contribution in [2.45, 2.75) is 6.18 Å². The van der Waals surface area contributed by atoms with Crippen molar-refractivity contribution >= 4 is 10.9 Å². The van der Waals surface area contributed by atoms with E-state index >= 15 is 0 Å². The van der Waals surface area contributed by atoms with Crippen molar-refractivity contribution < 1.29 is 13.2 Å². The lowest BCUT2D eigenvalue weighted by Crippen LogP contribution is -2.13. The second kappa shape index (κ2) is 4.73. The van der Waals surface area contributed by atoms with Crippen molar-refractivity contribution in [3.63, 3.8) is 0 Å². The van der Waals surface area contributed by atoms with E-state index in [0.717, 1.165) is 17.0 Å². The predicted molar refractivity (Wildman–Crippen MR) is 72.8 cm³/mol. The Labute approximate surface area is 117 Å². The molecule has 1 aromatic carbocycles. The number of benzene rings is 1. The smallest absolute Gasteiger partial charge is 0.322 e. The van der Waals surface area contributed by atoms with Crippen LogP contribution in [0.1, 0.15) is 5.56 Å². The third kappa shape index (κ3) is 2.65. The summed E-state index contributed by atoms with van der Waals surface area (Å²) in [5.74, 6) is 0. The molecular formula is C15H9F3N2O. The summed E-state index contributed by atoms with van der Waals surface area (Å²) in [6.07, 6.45) is -3.12. The highest BCUT2D eigenvalue weighted by Gasteiger charge is 2.31. The molecule has 0 aliphatic carbocycles. The number of hydrogen-bond donors (Lipinski definition) is 1. The molecule has 6 heteroatoms. The van der Waals surface area contributed by atoms with Crippen LogP contribution in [0.2, 0.25) is 0 Å². The number of halogens is 3. The van der Waals surface area contributed by atoms with Gasteiger partial charge in [0.05, 0.1) is 16.8 Å². The van der Waals surface area contributed by atoms with Gasteiger partial charge in [-0.25, -0.2) is 0 Å². The zero-order valence-corrected chi connectivity index (χ0v) is 10.6. The van der Waals surface area contributed by atoms with Gasteiger partial charge in [0.25, 0.3) is 0 Å². The average Bonchev–Trinajstić information content (AvgIpc) is 2.45. The van der Waals surface area contributed by atoms with Crippen LogP contribution in [0.25, 0.3) is 22.2 Å². The standard InChI is InChI=1S/C15H9F3N2O/c16-15(17,18)11-6-13(20-14(21)7-11)10-5-9-3-1-2-4-12(9)19-8-10/h1-8H,(H,20,21). The van der Waals surface area contributed by atoms with E-state index in [-0.39, 0.29) is 5.69 Å². The Morgan fingerprint density at radius 1 is 1.05 bits per heavy atom. The zero-order valence-electron chi connectivity index (χ0n) is 10.6. The molecule has 3 aromatic rings. The largest absolute Gasteiger partial charge is 0.416 e. The number of nitrogens with one attached hydrogen (secondary N) is 1. The van der Waals surface area contributed by atoms with E-state index < -0.39 is 17.3 Å². The second-order valence-electron chi connectivity index (χ2n) is 4.56. The first-order valence-corrected chi connectivity index (χ1v) is 6.10. The van der Waals surface area contributed by atoms with Crippen molar-refractivity contribution in [3.05, 3.63) is 64.6 Å². The Balaban J connectivity index is 2.18. The quantitative estimate of drug-likeness (QED) is 0.744. The van der Waals surface area contributed by atoms with Crippen molar-refractivity contribution in [2.24, 2.45) is 0 Å². The molecule has 0 bridgehead atoms. The molecule has 0 aliphatic heterocycles. The normalized spacial score (nSPS) is 11.8. The summed E-state index contributed by atoms with van der Waals surface area (Å²) in [6.45, 7) is 0. The van der Waals surface area contributed by atoms with Crippen LogP contribution >= 0.6 is 0 Å². The van der Waals surface area contributed by atoms with E-state index in [1.54, 1.807) is 18.2 Å². The number of H-pyrrole nitrogens is 1. The number of pyridine rings is 2. The third-order valence-electron chi connectivity index (χ3n) is 3.07. The SMILES string of the molecule is O=c1cc(C(F)(F)F)cc(-c2cnc3ccccc3c2)[nH]1. The number of aromatic nitrogens is 2. The first kappa shape index (κ1) is 13.4. The number of para-hydroxylation sites is 1. The highest BCUT2D eigenvalue weighted by atomic mass is 19.4. The Morgan fingerprint density at radius 3 is 2.57 bits per heavy atom. The number of hydrogen-bond acceptors (Lipinski definition) is 2. The number of alkyl halides is 3. The molecule has 3 rings (SSSR count). The zero-order chi connectivity index (χ0) is 15.0. The molecule has 0 saturated heterocycles. The van der Waals surface area contributed by atoms with Crippen molar-refractivity contribution in [3.8, 4) is 11.3 Å². The monoisotopic (exact) mass is 290 g/mol. The van der Waals surface area contributed by atoms with Crippen LogP contribution in [-0.2, 0) is 6.18 Å². The molecule has 21 heavy (non-hydrogen) atoms. The molecule has 0 saturated carbocycles. The summed E-state index contributed by atoms with van der Waals surface area (Å²) in [5, 5.41) is 0.785. The fourth-order valence-electron chi connectivity index (χ4n) is 2.08. The maximum absolute atomic E-state index is 12.7. The van der Waals surface area contributed by atoms with Crippen LogP contribution in [-0.4, -0.2) is 9.97 Å². The van der Waals surface area contributed by atoms with Crippen molar-refractivity contribution in [2.75, 3.05) is 0 Å². The molecular weight excluding hydrogens is 281 g/mol. The van der Waals surface area contributed by atoms with Gasteiger partial charge in [-0.3, -0.25) is 9.78 Å². The van der Waals surface area contributed by atoms with E-state index in [1.807, 2.05) is 12.1 Å². The van der Waals surface area contributed by atoms with Crippen LogP contribution in [0.15, 0.2) is 53.5 Å². The molecule has 0 radical (unpaired) electrons. The highest BCUT2D eigenvalue weighted by Crippen LogP contribution is 2.30. The molecule has 106 valence electrons. The Bertz CT molecular complexity index is 868. The lowest BCUT2D eigenvalue weighted by atomic mass is 10.1. The molecule has 0 unspecified atom stereocenters. The van der Waals surface area contributed by atoms with Crippen molar-refractivity contribution in [1.29, 1.82) is 0 Å². The molecule has 0 spiro atoms. The van der Waals surface area contributed by atoms with Gasteiger partial charge in [0, 0.05) is 23.2 Å². The number of aromatic amines is 1. The summed E-state index contributed by atoms with van der Waals surface area (Å²) in [6, 6.07) is 10.4. The first-order valence-electron chi connectivity index (χ1n) is 6.10. The summed E-state index contributed by atoms with van der Waals surface area (Å²) in [7, 11) is 0. The van der Waals surface area contributed by atoms with Gasteiger partial charge < -0.3 is 4.98 Å². The van der Waals surface area contributed by atoms with Crippen LogP contribution in [0.3, 0.4) is 0 Å². The number of rotatable bonds is 1. The van der Waals surface area contributed by atoms with Gasteiger partial charge in [-0.2, -0.15) is 13.2 Å². The first-order chi connectivity index (χ1) is 9.93. The maximum Gasteiger partial charge on any atom is 0.416 e. The minimum absolute atomic E-state index is 0.0908. The van der Waals surface area contributed by atoms with Gasteiger partial charge in [0.2, 0.25) is 5.56 Å². The van der Waals surface area contributed by atoms with E-state index in [4.69, 9.17) is 0 Å². The Kier molecular flexibility index (Phi) is 3.01. The summed E-state index contributed by atoms with van der Waals surface area (Å²) in [4.78, 5) is 18.0. The molecule has 0 atom stereocenters. The maximum atomic E-state index is 12.7. The molecule has 0 aliphatic rings. The fraction of sp³-hybridized carbons (Fsp3) is 0.0667.